The number of ether oxygens (including phenoxy) is 1. The fourth-order valence-corrected chi connectivity index (χ4v) is 9.41. The van der Waals surface area contributed by atoms with Crippen LogP contribution in [0.25, 0.3) is 0 Å². The lowest BCUT2D eigenvalue weighted by atomic mass is 10.0. The summed E-state index contributed by atoms with van der Waals surface area (Å²) in [5.74, 6) is -0.544. The van der Waals surface area contributed by atoms with Gasteiger partial charge in [0.05, 0.1) is 33.8 Å². The fourth-order valence-electron chi connectivity index (χ4n) is 8.68. The van der Waals surface area contributed by atoms with Crippen molar-refractivity contribution in [1.82, 2.24) is 5.32 Å². The van der Waals surface area contributed by atoms with Crippen LogP contribution in [0.5, 0.6) is 0 Å². The van der Waals surface area contributed by atoms with Gasteiger partial charge in [-0.2, -0.15) is 0 Å². The van der Waals surface area contributed by atoms with E-state index in [4.69, 9.17) is 13.8 Å². The second-order valence-corrected chi connectivity index (χ2v) is 23.3. The summed E-state index contributed by atoms with van der Waals surface area (Å²) in [5.41, 5.74) is 0. The van der Waals surface area contributed by atoms with E-state index in [1.54, 1.807) is 0 Å². The monoisotopic (exact) mass is 1040 g/mol. The third kappa shape index (κ3) is 54.3. The summed E-state index contributed by atoms with van der Waals surface area (Å²) in [6.45, 7) is 6.80. The number of allylic oxidation sites excluding steroid dienone is 9. The first kappa shape index (κ1) is 70.7. The molecule has 10 heteroatoms. The summed E-state index contributed by atoms with van der Waals surface area (Å²) >= 11 is 0. The Hall–Kier alpha value is -2.29. The molecule has 0 rings (SSSR count). The van der Waals surface area contributed by atoms with Crippen molar-refractivity contribution in [3.05, 3.63) is 60.8 Å². The van der Waals surface area contributed by atoms with Gasteiger partial charge < -0.3 is 28.5 Å². The van der Waals surface area contributed by atoms with Crippen molar-refractivity contribution in [2.45, 2.75) is 290 Å². The van der Waals surface area contributed by atoms with Crippen molar-refractivity contribution in [3.8, 4) is 0 Å². The molecule has 0 saturated heterocycles. The quantitative estimate of drug-likeness (QED) is 0.0212. The Morgan fingerprint density at radius 1 is 0.479 bits per heavy atom. The molecule has 3 unspecified atom stereocenters. The van der Waals surface area contributed by atoms with E-state index in [0.717, 1.165) is 89.9 Å². The van der Waals surface area contributed by atoms with Crippen LogP contribution in [0.4, 0.5) is 0 Å². The van der Waals surface area contributed by atoms with Gasteiger partial charge in [-0.1, -0.05) is 249 Å². The van der Waals surface area contributed by atoms with Crippen LogP contribution < -0.4 is 10.2 Å². The average molecular weight is 1050 g/mol. The Morgan fingerprint density at radius 3 is 1.27 bits per heavy atom. The fraction of sp³-hybridized carbons (Fsp3) is 0.810. The molecule has 0 radical (unpaired) electrons. The lowest BCUT2D eigenvalue weighted by Gasteiger charge is -2.30. The van der Waals surface area contributed by atoms with E-state index in [-0.39, 0.29) is 31.5 Å². The maximum absolute atomic E-state index is 13.4. The van der Waals surface area contributed by atoms with Crippen LogP contribution in [-0.2, 0) is 27.9 Å². The topological polar surface area (TPSA) is 114 Å². The largest absolute Gasteiger partial charge is 0.756 e. The van der Waals surface area contributed by atoms with Gasteiger partial charge in [-0.25, -0.2) is 0 Å². The molecule has 0 fully saturated rings. The molecule has 0 aromatic carbocycles. The predicted octanol–water partition coefficient (Wildman–Crippen LogP) is 18.0. The zero-order chi connectivity index (χ0) is 53.6. The summed E-state index contributed by atoms with van der Waals surface area (Å²) in [4.78, 5) is 39.8. The molecule has 9 nitrogen and oxygen atoms in total. The number of carbonyl (C=O) groups excluding carboxylic acids is 2. The van der Waals surface area contributed by atoms with Crippen LogP contribution in [0.15, 0.2) is 60.8 Å². The van der Waals surface area contributed by atoms with E-state index in [2.05, 4.69) is 74.7 Å². The Bertz CT molecular complexity index is 1440. The molecule has 0 aromatic rings. The summed E-state index contributed by atoms with van der Waals surface area (Å²) in [7, 11) is 1.18. The highest BCUT2D eigenvalue weighted by Crippen LogP contribution is 2.38. The Balaban J connectivity index is 5.09. The third-order valence-electron chi connectivity index (χ3n) is 13.5. The van der Waals surface area contributed by atoms with Crippen LogP contribution in [0.3, 0.4) is 0 Å². The molecule has 0 aliphatic heterocycles. The number of unbranched alkanes of at least 4 members (excludes halogenated alkanes) is 31. The van der Waals surface area contributed by atoms with Gasteiger partial charge in [0.25, 0.3) is 7.82 Å². The lowest BCUT2D eigenvalue weighted by Crippen LogP contribution is -2.47. The summed E-state index contributed by atoms with van der Waals surface area (Å²) < 4.78 is 30.2. The first-order valence-electron chi connectivity index (χ1n) is 30.6. The highest BCUT2D eigenvalue weighted by atomic mass is 31.2. The highest BCUT2D eigenvalue weighted by Gasteiger charge is 2.27. The van der Waals surface area contributed by atoms with Gasteiger partial charge in [-0.3, -0.25) is 14.2 Å². The standard InChI is InChI=1S/C63H117N2O7P/c1-7-10-13-16-19-22-25-26-27-28-29-30-31-32-33-34-35-36-37-38-41-44-47-50-53-56-63(67)72-61(54-51-48-45-42-39-23-20-17-14-11-8-2)60(59-71-73(68,69)70-58-57-65(4,5)6)64-62(66)55-52-49-46-43-40-24-21-18-15-12-9-3/h19,22,26-27,29-30,32-33,51,54,60-61H,7-18,20-21,23-25,28,31,34-50,52-53,55-59H2,1-6H3,(H-,64,66,68,69)/b22-19-,27-26-,30-29-,33-32-,54-51-. The van der Waals surface area contributed by atoms with Gasteiger partial charge >= 0.3 is 5.97 Å². The highest BCUT2D eigenvalue weighted by molar-refractivity contribution is 7.45. The van der Waals surface area contributed by atoms with Crippen molar-refractivity contribution >= 4 is 19.7 Å². The molecule has 0 aromatic heterocycles. The second kappa shape index (κ2) is 53.1. The number of phosphoric ester groups is 1. The molecule has 1 N–H and O–H groups in total. The minimum absolute atomic E-state index is 0.0233. The SMILES string of the molecule is CCCCC/C=C\C/C=C\C/C=C\C/C=C\CCCCCCCCCCCC(=O)OC(/C=C\CCCCCCCCCCC)C(COP(=O)([O-])OCC[N+](C)(C)C)NC(=O)CCCCCCCCCCCCC. The molecular weight excluding hydrogens is 928 g/mol. The maximum Gasteiger partial charge on any atom is 0.306 e. The smallest absolute Gasteiger partial charge is 0.306 e. The number of hydrogen-bond donors (Lipinski definition) is 1. The molecule has 0 spiro atoms. The molecular formula is C63H117N2O7P. The van der Waals surface area contributed by atoms with Crippen LogP contribution in [0.1, 0.15) is 278 Å². The van der Waals surface area contributed by atoms with Crippen LogP contribution in [-0.4, -0.2) is 69.4 Å². The summed E-state index contributed by atoms with van der Waals surface area (Å²) in [5, 5.41) is 3.02. The molecule has 0 aliphatic carbocycles. The minimum Gasteiger partial charge on any atom is -0.756 e. The number of nitrogens with zero attached hydrogens (tertiary/aromatic N) is 1. The zero-order valence-electron chi connectivity index (χ0n) is 48.6. The molecule has 73 heavy (non-hydrogen) atoms. The first-order valence-corrected chi connectivity index (χ1v) is 32.1. The van der Waals surface area contributed by atoms with Gasteiger partial charge in [0.1, 0.15) is 19.3 Å². The van der Waals surface area contributed by atoms with E-state index in [9.17, 15) is 19.0 Å². The molecule has 1 amide bonds. The number of amides is 1. The number of phosphoric acid groups is 1. The Kier molecular flexibility index (Phi) is 51.5. The van der Waals surface area contributed by atoms with E-state index in [1.807, 2.05) is 33.3 Å². The predicted molar refractivity (Wildman–Crippen MR) is 312 cm³/mol. The van der Waals surface area contributed by atoms with E-state index < -0.39 is 20.0 Å². The van der Waals surface area contributed by atoms with E-state index >= 15 is 0 Å². The van der Waals surface area contributed by atoms with E-state index in [0.29, 0.717) is 17.4 Å². The van der Waals surface area contributed by atoms with Gasteiger partial charge in [-0.15, -0.1) is 0 Å². The molecule has 3 atom stereocenters. The number of quaternary nitrogens is 1. The number of likely N-dealkylation sites (N-methyl/N-ethyl adjacent to an activating group) is 1. The number of nitrogens with one attached hydrogen (secondary N) is 1. The van der Waals surface area contributed by atoms with Gasteiger partial charge in [0.15, 0.2) is 0 Å². The average Bonchev–Trinajstić information content (AvgIpc) is 3.35. The van der Waals surface area contributed by atoms with Crippen LogP contribution in [0, 0.1) is 0 Å². The third-order valence-corrected chi connectivity index (χ3v) is 14.4. The molecule has 0 heterocycles. The Labute approximate surface area is 451 Å². The number of esters is 1. The van der Waals surface area contributed by atoms with Crippen molar-refractivity contribution in [2.75, 3.05) is 40.9 Å². The normalized spacial score (nSPS) is 14.1. The van der Waals surface area contributed by atoms with Gasteiger partial charge in [-0.05, 0) is 76.7 Å². The van der Waals surface area contributed by atoms with Gasteiger partial charge in [0, 0.05) is 12.8 Å². The van der Waals surface area contributed by atoms with Crippen molar-refractivity contribution in [2.24, 2.45) is 0 Å². The Morgan fingerprint density at radius 2 is 0.836 bits per heavy atom. The van der Waals surface area contributed by atoms with Crippen LogP contribution in [0.2, 0.25) is 0 Å². The number of rotatable bonds is 55. The number of hydrogen-bond acceptors (Lipinski definition) is 7. The van der Waals surface area contributed by atoms with Gasteiger partial charge in [0.2, 0.25) is 5.91 Å². The van der Waals surface area contributed by atoms with Crippen molar-refractivity contribution in [3.63, 3.8) is 0 Å². The summed E-state index contributed by atoms with van der Waals surface area (Å²) in [6.07, 6.45) is 66.2. The minimum atomic E-state index is -4.69. The lowest BCUT2D eigenvalue weighted by molar-refractivity contribution is -0.870. The second-order valence-electron chi connectivity index (χ2n) is 21.9. The molecule has 426 valence electrons. The molecule has 0 saturated carbocycles. The van der Waals surface area contributed by atoms with E-state index in [1.165, 1.54) is 154 Å². The summed E-state index contributed by atoms with van der Waals surface area (Å²) in [6, 6.07) is -0.888. The first-order chi connectivity index (χ1) is 35.4. The molecule has 0 bridgehead atoms. The van der Waals surface area contributed by atoms with Crippen LogP contribution >= 0.6 is 7.82 Å². The zero-order valence-corrected chi connectivity index (χ0v) is 49.5. The maximum atomic E-state index is 13.4. The van der Waals surface area contributed by atoms with Crippen molar-refractivity contribution < 1.29 is 37.3 Å². The van der Waals surface area contributed by atoms with Crippen molar-refractivity contribution in [1.29, 1.82) is 0 Å². The molecule has 0 aliphatic rings. The number of carbonyl (C=O) groups is 2.